The van der Waals surface area contributed by atoms with E-state index in [1.165, 1.54) is 5.01 Å². The third-order valence-electron chi connectivity index (χ3n) is 4.06. The smallest absolute Gasteiger partial charge is 0.355 e. The Balaban J connectivity index is 1.78. The maximum absolute atomic E-state index is 12.3. The van der Waals surface area contributed by atoms with Gasteiger partial charge in [0.25, 0.3) is 5.91 Å². The van der Waals surface area contributed by atoms with Crippen molar-refractivity contribution in [1.29, 1.82) is 0 Å². The van der Waals surface area contributed by atoms with Gasteiger partial charge in [0, 0.05) is 12.3 Å². The van der Waals surface area contributed by atoms with Crippen LogP contribution in [-0.2, 0) is 19.1 Å². The van der Waals surface area contributed by atoms with Crippen LogP contribution in [0.5, 0.6) is 0 Å². The quantitative estimate of drug-likeness (QED) is 0.705. The molecule has 2 amide bonds. The van der Waals surface area contributed by atoms with E-state index in [1.54, 1.807) is 24.3 Å². The first-order valence-corrected chi connectivity index (χ1v) is 7.68. The summed E-state index contributed by atoms with van der Waals surface area (Å²) < 4.78 is 5.21. The Bertz CT molecular complexity index is 699. The summed E-state index contributed by atoms with van der Waals surface area (Å²) in [6.45, 7) is 0. The third kappa shape index (κ3) is 3.22. The Kier molecular flexibility index (Phi) is 4.20. The number of carbonyl (C=O) groups is 3. The zero-order valence-electron chi connectivity index (χ0n) is 12.9. The highest BCUT2D eigenvalue weighted by molar-refractivity contribution is 6.38. The van der Waals surface area contributed by atoms with Gasteiger partial charge in [0.05, 0.1) is 5.69 Å². The molecule has 0 saturated heterocycles. The van der Waals surface area contributed by atoms with Crippen molar-refractivity contribution in [1.82, 2.24) is 0 Å². The highest BCUT2D eigenvalue weighted by atomic mass is 16.5. The van der Waals surface area contributed by atoms with Gasteiger partial charge in [0.2, 0.25) is 5.91 Å². The van der Waals surface area contributed by atoms with Crippen molar-refractivity contribution in [3.05, 3.63) is 30.3 Å². The minimum atomic E-state index is -0.946. The summed E-state index contributed by atoms with van der Waals surface area (Å²) in [6.07, 6.45) is 0.679. The number of hydrazone groups is 1. The molecule has 1 aliphatic heterocycles. The molecule has 1 aromatic carbocycles. The van der Waals surface area contributed by atoms with Crippen LogP contribution in [0.1, 0.15) is 19.3 Å². The maximum atomic E-state index is 12.3. The molecule has 2 atom stereocenters. The molecule has 8 heteroatoms. The fraction of sp³-hybridized carbons (Fsp3) is 0.375. The molecule has 2 aliphatic rings. The van der Waals surface area contributed by atoms with E-state index >= 15 is 0 Å². The van der Waals surface area contributed by atoms with Gasteiger partial charge >= 0.3 is 5.97 Å². The summed E-state index contributed by atoms with van der Waals surface area (Å²) in [4.78, 5) is 35.4. The van der Waals surface area contributed by atoms with Gasteiger partial charge in [-0.1, -0.05) is 18.2 Å². The predicted molar refractivity (Wildman–Crippen MR) is 85.8 cm³/mol. The molecule has 3 rings (SSSR count). The molecule has 0 bridgehead atoms. The minimum Gasteiger partial charge on any atom is -0.447 e. The van der Waals surface area contributed by atoms with E-state index in [2.05, 4.69) is 5.10 Å². The van der Waals surface area contributed by atoms with Crippen LogP contribution in [-0.4, -0.2) is 35.6 Å². The van der Waals surface area contributed by atoms with Crippen molar-refractivity contribution in [3.63, 3.8) is 0 Å². The van der Waals surface area contributed by atoms with Crippen LogP contribution in [0.3, 0.4) is 0 Å². The molecule has 1 heterocycles. The number of benzene rings is 1. The van der Waals surface area contributed by atoms with E-state index in [9.17, 15) is 14.4 Å². The van der Waals surface area contributed by atoms with Gasteiger partial charge in [0.1, 0.15) is 11.8 Å². The van der Waals surface area contributed by atoms with Crippen molar-refractivity contribution in [2.24, 2.45) is 22.5 Å². The molecule has 0 unspecified atom stereocenters. The fourth-order valence-corrected chi connectivity index (χ4v) is 2.64. The van der Waals surface area contributed by atoms with Gasteiger partial charge in [0.15, 0.2) is 6.10 Å². The standard InChI is InChI=1S/C16H18N4O4/c17-14(21)12-8-11(19-20(12)10-4-2-1-3-5-10)16(23)24-13(15(18)22)9-6-7-9/h1-5,9,12-13H,6-8H2,(H2,17,21)(H2,18,22)/t12-,13-/m1/s1. The molecule has 0 radical (unpaired) electrons. The van der Waals surface area contributed by atoms with Crippen LogP contribution < -0.4 is 16.5 Å². The Hall–Kier alpha value is -2.90. The molecule has 1 saturated carbocycles. The maximum Gasteiger partial charge on any atom is 0.355 e. The van der Waals surface area contributed by atoms with E-state index in [0.717, 1.165) is 12.8 Å². The summed E-state index contributed by atoms with van der Waals surface area (Å²) in [5.41, 5.74) is 11.4. The molecular weight excluding hydrogens is 312 g/mol. The van der Waals surface area contributed by atoms with Crippen LogP contribution in [0.25, 0.3) is 0 Å². The number of rotatable bonds is 6. The molecule has 8 nitrogen and oxygen atoms in total. The molecule has 1 aliphatic carbocycles. The number of esters is 1. The van der Waals surface area contributed by atoms with Gasteiger partial charge in [-0.3, -0.25) is 14.6 Å². The largest absolute Gasteiger partial charge is 0.447 e. The average Bonchev–Trinajstić information content (AvgIpc) is 3.29. The minimum absolute atomic E-state index is 0.0226. The van der Waals surface area contributed by atoms with Crippen LogP contribution in [0.4, 0.5) is 5.69 Å². The Morgan fingerprint density at radius 1 is 1.17 bits per heavy atom. The number of nitrogens with zero attached hydrogens (tertiary/aromatic N) is 2. The van der Waals surface area contributed by atoms with Gasteiger partial charge in [-0.15, -0.1) is 0 Å². The highest BCUT2D eigenvalue weighted by Crippen LogP contribution is 2.34. The number of anilines is 1. The number of primary amides is 2. The van der Waals surface area contributed by atoms with Crippen LogP contribution in [0.15, 0.2) is 35.4 Å². The molecule has 4 N–H and O–H groups in total. The monoisotopic (exact) mass is 330 g/mol. The van der Waals surface area contributed by atoms with E-state index in [-0.39, 0.29) is 18.1 Å². The van der Waals surface area contributed by atoms with Crippen LogP contribution >= 0.6 is 0 Å². The van der Waals surface area contributed by atoms with Crippen LogP contribution in [0.2, 0.25) is 0 Å². The second-order valence-corrected chi connectivity index (χ2v) is 5.91. The second-order valence-electron chi connectivity index (χ2n) is 5.91. The lowest BCUT2D eigenvalue weighted by Crippen LogP contribution is -2.40. The van der Waals surface area contributed by atoms with Crippen molar-refractivity contribution in [2.75, 3.05) is 5.01 Å². The third-order valence-corrected chi connectivity index (χ3v) is 4.06. The predicted octanol–water partition coefficient (Wildman–Crippen LogP) is -0.0863. The number of nitrogens with two attached hydrogens (primary N) is 2. The van der Waals surface area contributed by atoms with Gasteiger partial charge in [-0.25, -0.2) is 4.79 Å². The summed E-state index contributed by atoms with van der Waals surface area (Å²) in [5.74, 6) is -2.03. The number of ether oxygens (including phenoxy) is 1. The van der Waals surface area contributed by atoms with Gasteiger partial charge < -0.3 is 16.2 Å². The van der Waals surface area contributed by atoms with E-state index in [1.807, 2.05) is 6.07 Å². The zero-order valence-corrected chi connectivity index (χ0v) is 12.9. The first-order valence-electron chi connectivity index (χ1n) is 7.68. The molecule has 24 heavy (non-hydrogen) atoms. The highest BCUT2D eigenvalue weighted by Gasteiger charge is 2.41. The zero-order chi connectivity index (χ0) is 17.3. The normalized spacial score (nSPS) is 21.1. The number of carbonyl (C=O) groups excluding carboxylic acids is 3. The summed E-state index contributed by atoms with van der Waals surface area (Å²) in [6, 6.07) is 8.13. The number of hydrogen-bond acceptors (Lipinski definition) is 6. The molecule has 1 fully saturated rings. The SMILES string of the molecule is NC(=O)[C@H]1CC(C(=O)O[C@@H](C(N)=O)C2CC2)=NN1c1ccccc1. The lowest BCUT2D eigenvalue weighted by Gasteiger charge is -2.20. The van der Waals surface area contributed by atoms with Crippen molar-refractivity contribution in [2.45, 2.75) is 31.4 Å². The van der Waals surface area contributed by atoms with Crippen molar-refractivity contribution in [3.8, 4) is 0 Å². The summed E-state index contributed by atoms with van der Waals surface area (Å²) in [5, 5.41) is 5.57. The van der Waals surface area contributed by atoms with Crippen molar-refractivity contribution < 1.29 is 19.1 Å². The van der Waals surface area contributed by atoms with Gasteiger partial charge in [-0.2, -0.15) is 5.10 Å². The molecule has 0 aromatic heterocycles. The van der Waals surface area contributed by atoms with Crippen molar-refractivity contribution >= 4 is 29.2 Å². The second kappa shape index (κ2) is 6.31. The molecule has 126 valence electrons. The van der Waals surface area contributed by atoms with E-state index in [0.29, 0.717) is 5.69 Å². The summed E-state index contributed by atoms with van der Waals surface area (Å²) in [7, 11) is 0. The van der Waals surface area contributed by atoms with E-state index in [4.69, 9.17) is 16.2 Å². The Labute approximate surface area is 138 Å². The molecule has 1 aromatic rings. The molecule has 0 spiro atoms. The first kappa shape index (κ1) is 16.0. The molecular formula is C16H18N4O4. The van der Waals surface area contributed by atoms with Gasteiger partial charge in [-0.05, 0) is 25.0 Å². The lowest BCUT2D eigenvalue weighted by atomic mass is 10.1. The Morgan fingerprint density at radius 3 is 2.38 bits per heavy atom. The summed E-state index contributed by atoms with van der Waals surface area (Å²) >= 11 is 0. The first-order chi connectivity index (χ1) is 11.5. The van der Waals surface area contributed by atoms with Crippen LogP contribution in [0, 0.1) is 5.92 Å². The number of hydrogen-bond donors (Lipinski definition) is 2. The lowest BCUT2D eigenvalue weighted by molar-refractivity contribution is -0.149. The number of amides is 2. The topological polar surface area (TPSA) is 128 Å². The average molecular weight is 330 g/mol. The fourth-order valence-electron chi connectivity index (χ4n) is 2.64. The van der Waals surface area contributed by atoms with E-state index < -0.39 is 29.9 Å². The Morgan fingerprint density at radius 2 is 1.83 bits per heavy atom. The number of para-hydroxylation sites is 1.